The zero-order valence-corrected chi connectivity index (χ0v) is 47.6. The number of alkyl halides is 2. The van der Waals surface area contributed by atoms with E-state index in [4.69, 9.17) is 0 Å². The lowest BCUT2D eigenvalue weighted by Crippen LogP contribution is -2.28. The number of halogens is 42. The molecule has 0 spiro atoms. The molecule has 9 aromatic rings. The van der Waals surface area contributed by atoms with Crippen LogP contribution in [0.5, 0.6) is 0 Å². The van der Waals surface area contributed by atoms with E-state index in [9.17, 15) is 52.7 Å². The Kier molecular flexibility index (Phi) is 19.4. The van der Waals surface area contributed by atoms with Gasteiger partial charge in [0.1, 0.15) is 34.1 Å². The first kappa shape index (κ1) is 76.6. The van der Waals surface area contributed by atoms with Crippen molar-refractivity contribution in [1.29, 1.82) is 0 Å². The highest BCUT2D eigenvalue weighted by Gasteiger charge is 2.48. The molecular formula is C60H5F42N3. The smallest absolute Gasteiger partial charge is 0.200 e. The molecule has 0 N–H and O–H groups in total. The van der Waals surface area contributed by atoms with Gasteiger partial charge in [-0.25, -0.2) is 184 Å². The van der Waals surface area contributed by atoms with E-state index in [1.165, 1.54) is 0 Å². The van der Waals surface area contributed by atoms with E-state index in [0.29, 0.717) is 0 Å². The third kappa shape index (κ3) is 10.9. The average molecular weight is 1570 g/mol. The summed E-state index contributed by atoms with van der Waals surface area (Å²) in [6, 6.07) is -3.95. The summed E-state index contributed by atoms with van der Waals surface area (Å²) < 4.78 is 664. The molecule has 0 amide bonds. The van der Waals surface area contributed by atoms with E-state index in [2.05, 4.69) is 0 Å². The molecular weight excluding hydrogens is 1560 g/mol. The highest BCUT2D eigenvalue weighted by atomic mass is 19.2. The van der Waals surface area contributed by atoms with Crippen molar-refractivity contribution in [3.05, 3.63) is 256 Å². The second kappa shape index (κ2) is 26.6. The molecule has 0 heterocycles. The lowest BCUT2D eigenvalue weighted by atomic mass is 9.91. The number of benzene rings is 9. The van der Waals surface area contributed by atoms with Crippen molar-refractivity contribution in [3.8, 4) is 22.3 Å². The van der Waals surface area contributed by atoms with E-state index < -0.39 is 363 Å². The lowest BCUT2D eigenvalue weighted by molar-refractivity contribution is 0.200. The number of allylic oxidation sites excluding steroid dienone is 4. The van der Waals surface area contributed by atoms with E-state index in [1.54, 1.807) is 0 Å². The summed E-state index contributed by atoms with van der Waals surface area (Å²) >= 11 is 0. The second-order valence-electron chi connectivity index (χ2n) is 20.5. The third-order valence-electron chi connectivity index (χ3n) is 14.9. The van der Waals surface area contributed by atoms with Gasteiger partial charge in [0, 0.05) is 5.57 Å². The maximum Gasteiger partial charge on any atom is 0.200 e. The van der Waals surface area contributed by atoms with Gasteiger partial charge < -0.3 is 0 Å². The molecule has 1 unspecified atom stereocenters. The Hall–Kier alpha value is -11.1. The topological polar surface area (TPSA) is 9.72 Å². The minimum Gasteiger partial charge on any atom is -0.299 e. The van der Waals surface area contributed by atoms with Crippen LogP contribution in [0.25, 0.3) is 27.8 Å². The number of hydrogen-bond donors (Lipinski definition) is 0. The lowest BCUT2D eigenvalue weighted by Gasteiger charge is -2.34. The van der Waals surface area contributed by atoms with Crippen LogP contribution in [0.3, 0.4) is 0 Å². The van der Waals surface area contributed by atoms with E-state index in [1.807, 2.05) is 0 Å². The highest BCUT2D eigenvalue weighted by molar-refractivity contribution is 5.92. The average Bonchev–Trinajstić information content (AvgIpc) is 0.718. The number of anilines is 9. The van der Waals surface area contributed by atoms with Crippen LogP contribution in [-0.2, 0) is 0 Å². The van der Waals surface area contributed by atoms with E-state index in [0.717, 1.165) is 0 Å². The van der Waals surface area contributed by atoms with Crippen LogP contribution in [-0.4, -0.2) is 12.3 Å². The van der Waals surface area contributed by atoms with Crippen LogP contribution < -0.4 is 14.7 Å². The molecule has 0 radical (unpaired) electrons. The molecule has 1 aliphatic rings. The maximum absolute atomic E-state index is 17.3. The zero-order chi connectivity index (χ0) is 78.8. The van der Waals surface area contributed by atoms with Crippen molar-refractivity contribution in [3.63, 3.8) is 0 Å². The summed E-state index contributed by atoms with van der Waals surface area (Å²) in [4.78, 5) is -6.24. The Morgan fingerprint density at radius 3 is 0.495 bits per heavy atom. The molecule has 1 aliphatic carbocycles. The number of rotatable bonds is 12. The Balaban J connectivity index is 1.52. The predicted octanol–water partition coefficient (Wildman–Crippen LogP) is 23.1. The van der Waals surface area contributed by atoms with Gasteiger partial charge in [0.25, 0.3) is 0 Å². The predicted molar refractivity (Wildman–Crippen MR) is 267 cm³/mol. The van der Waals surface area contributed by atoms with Crippen molar-refractivity contribution >= 4 is 56.8 Å². The van der Waals surface area contributed by atoms with Gasteiger partial charge in [0.15, 0.2) is 216 Å². The molecule has 9 aromatic carbocycles. The summed E-state index contributed by atoms with van der Waals surface area (Å²) in [6.45, 7) is 0. The monoisotopic (exact) mass is 1560 g/mol. The maximum atomic E-state index is 17.3. The normalized spacial score (nSPS) is 14.1. The number of nitrogens with zero attached hydrogens (tertiary/aromatic N) is 3. The van der Waals surface area contributed by atoms with Crippen LogP contribution in [0, 0.1) is 215 Å². The van der Waals surface area contributed by atoms with Gasteiger partial charge in [-0.2, -0.15) is 0 Å². The Bertz CT molecular complexity index is 4990. The van der Waals surface area contributed by atoms with Gasteiger partial charge in [-0.15, -0.1) is 0 Å². The molecule has 0 aliphatic heterocycles. The van der Waals surface area contributed by atoms with Crippen LogP contribution in [0.4, 0.5) is 236 Å². The highest BCUT2D eigenvalue weighted by Crippen LogP contribution is 2.56. The van der Waals surface area contributed by atoms with Crippen molar-refractivity contribution < 1.29 is 184 Å². The van der Waals surface area contributed by atoms with Crippen molar-refractivity contribution in [2.45, 2.75) is 12.3 Å². The minimum absolute atomic E-state index is 1.32. The molecule has 0 bridgehead atoms. The van der Waals surface area contributed by atoms with Gasteiger partial charge in [0.2, 0.25) is 29.1 Å². The second-order valence-corrected chi connectivity index (χ2v) is 20.5. The molecule has 105 heavy (non-hydrogen) atoms. The SMILES string of the molecule is FC1=C(F)C(F)[C@H](F)C(c2c(F)c(F)c(N(c3cc(N(c4c(F)c(F)c(F)c(F)c4F)c4c(F)c(F)c(-c5c(F)c(F)c(F)c(F)c5F)c(F)c4F)cc(N(c4c(F)c(F)c(F)c(F)c4F)c4c(F)c(F)c(-c5c(F)c(F)c(F)c(F)c5F)c(F)c4F)c3)c3c(F)c(F)c(F)c(F)c3F)c(F)c2F)=C1F. The van der Waals surface area contributed by atoms with Gasteiger partial charge in [0.05, 0.1) is 44.9 Å². The Morgan fingerprint density at radius 2 is 0.305 bits per heavy atom. The Labute approximate surface area is 546 Å². The van der Waals surface area contributed by atoms with E-state index >= 15 is 132 Å². The third-order valence-corrected chi connectivity index (χ3v) is 14.9. The molecule has 45 heteroatoms. The van der Waals surface area contributed by atoms with Gasteiger partial charge in [-0.1, -0.05) is 0 Å². The first-order valence-electron chi connectivity index (χ1n) is 26.2. The quantitative estimate of drug-likeness (QED) is 0.0686. The van der Waals surface area contributed by atoms with Crippen LogP contribution in [0.2, 0.25) is 0 Å². The van der Waals surface area contributed by atoms with Gasteiger partial charge in [-0.05, 0) is 18.2 Å². The standard InChI is InChI=1S/C60H5F42N3/c61-13-7(14(62)26(74)31(79)25(13)73)10-19(67)43(91)55(44(92)20(10)68)103(58-49(97)37(85)34(82)38(86)50(58)98)4-1-5(104(59-51(99)39(87)35(83)40(88)52(59)100)56-45(93)21(69)11(22(70)46(56)94)8-15(63)27(75)32(80)28(76)16(8)64)3-6(2-4)105(60-53(101)41(89)36(84)42(90)54(60)102)57-47(95)23(71)12(24(72)48(57)96)9-17(65)29(77)33(81)30(78)18(9)66/h1-3,13,25H/t13-,25?/m1/s1. The summed E-state index contributed by atoms with van der Waals surface area (Å²) in [5.41, 5.74) is -52.0. The zero-order valence-electron chi connectivity index (χ0n) is 47.6. The fourth-order valence-electron chi connectivity index (χ4n) is 10.2. The van der Waals surface area contributed by atoms with Gasteiger partial charge in [-0.3, -0.25) is 14.7 Å². The van der Waals surface area contributed by atoms with Crippen molar-refractivity contribution in [2.75, 3.05) is 14.7 Å². The molecule has 554 valence electrons. The Morgan fingerprint density at radius 1 is 0.162 bits per heavy atom. The summed E-state index contributed by atoms with van der Waals surface area (Å²) in [5.74, 6) is -150. The molecule has 0 fully saturated rings. The molecule has 2 atom stereocenters. The van der Waals surface area contributed by atoms with Crippen molar-refractivity contribution in [1.82, 2.24) is 0 Å². The van der Waals surface area contributed by atoms with Gasteiger partial charge >= 0.3 is 0 Å². The molecule has 10 rings (SSSR count). The fourth-order valence-corrected chi connectivity index (χ4v) is 10.2. The molecule has 0 saturated carbocycles. The summed E-state index contributed by atoms with van der Waals surface area (Å²) in [7, 11) is 0. The molecule has 0 aromatic heterocycles. The molecule has 3 nitrogen and oxygen atoms in total. The summed E-state index contributed by atoms with van der Waals surface area (Å²) in [5, 5.41) is 0. The summed E-state index contributed by atoms with van der Waals surface area (Å²) in [6.07, 6.45) is -8.96. The first-order chi connectivity index (χ1) is 48.7. The van der Waals surface area contributed by atoms with E-state index in [-0.39, 0.29) is 0 Å². The largest absolute Gasteiger partial charge is 0.299 e. The van der Waals surface area contributed by atoms with Crippen LogP contribution in [0.15, 0.2) is 35.7 Å². The van der Waals surface area contributed by atoms with Crippen molar-refractivity contribution in [2.24, 2.45) is 0 Å². The van der Waals surface area contributed by atoms with Crippen LogP contribution in [0.1, 0.15) is 5.56 Å². The minimum atomic E-state index is -4.55. The van der Waals surface area contributed by atoms with Crippen LogP contribution >= 0.6 is 0 Å². The number of hydrogen-bond acceptors (Lipinski definition) is 3. The first-order valence-corrected chi connectivity index (χ1v) is 26.2. The fraction of sp³-hybridized carbons (Fsp3) is 0.0333. The molecule has 0 saturated heterocycles.